The first-order valence-electron chi connectivity index (χ1n) is 8.29. The maximum atomic E-state index is 8.48. The minimum absolute atomic E-state index is 0.619. The van der Waals surface area contributed by atoms with Crippen LogP contribution >= 0.6 is 0 Å². The lowest BCUT2D eigenvalue weighted by atomic mass is 9.93. The molecular formula is C21H24N+. The van der Waals surface area contributed by atoms with Gasteiger partial charge in [0.1, 0.15) is 7.05 Å². The highest BCUT2D eigenvalue weighted by atomic mass is 14.9. The maximum absolute atomic E-state index is 8.48. The van der Waals surface area contributed by atoms with E-state index >= 15 is 0 Å². The highest BCUT2D eigenvalue weighted by molar-refractivity contribution is 5.94. The lowest BCUT2D eigenvalue weighted by molar-refractivity contribution is -0.665. The standard InChI is InChI=1S/C21H24N/c1-13-7-8-18-12-16(4)22(6)21(20(18)10-13)19-11-14(2)9-15(3)17(19)5/h7-12H,1-6H3/q+1/i12D. The molecule has 0 saturated heterocycles. The maximum Gasteiger partial charge on any atom is 0.220 e. The van der Waals surface area contributed by atoms with Crippen molar-refractivity contribution in [2.24, 2.45) is 7.05 Å². The third-order valence-corrected chi connectivity index (χ3v) is 4.65. The summed E-state index contributed by atoms with van der Waals surface area (Å²) in [6.45, 7) is 10.7. The van der Waals surface area contributed by atoms with E-state index < -0.39 is 0 Å². The zero-order valence-electron chi connectivity index (χ0n) is 15.3. The lowest BCUT2D eigenvalue weighted by Crippen LogP contribution is -2.35. The normalized spacial score (nSPS) is 11.8. The van der Waals surface area contributed by atoms with Crippen LogP contribution in [0.3, 0.4) is 0 Å². The Balaban J connectivity index is 2.54. The molecule has 3 rings (SSSR count). The molecule has 0 unspecified atom stereocenters. The molecule has 0 aliphatic heterocycles. The van der Waals surface area contributed by atoms with Gasteiger partial charge >= 0.3 is 0 Å². The molecule has 0 saturated carbocycles. The molecule has 112 valence electrons. The summed E-state index contributed by atoms with van der Waals surface area (Å²) < 4.78 is 10.6. The molecule has 0 fully saturated rings. The Morgan fingerprint density at radius 2 is 1.64 bits per heavy atom. The van der Waals surface area contributed by atoms with Gasteiger partial charge in [-0.25, -0.2) is 0 Å². The lowest BCUT2D eigenvalue weighted by Gasteiger charge is -2.13. The number of nitrogens with zero attached hydrogens (tertiary/aromatic N) is 1. The third kappa shape index (κ3) is 2.31. The minimum Gasteiger partial charge on any atom is -0.198 e. The van der Waals surface area contributed by atoms with Crippen molar-refractivity contribution < 1.29 is 5.94 Å². The zero-order valence-corrected chi connectivity index (χ0v) is 14.3. The van der Waals surface area contributed by atoms with Crippen LogP contribution in [0.4, 0.5) is 0 Å². The summed E-state index contributed by atoms with van der Waals surface area (Å²) >= 11 is 0. The molecular weight excluding hydrogens is 266 g/mol. The van der Waals surface area contributed by atoms with Gasteiger partial charge in [-0.1, -0.05) is 29.3 Å². The highest BCUT2D eigenvalue weighted by Crippen LogP contribution is 2.31. The molecule has 0 N–H and O–H groups in total. The van der Waals surface area contributed by atoms with Crippen molar-refractivity contribution in [2.75, 3.05) is 0 Å². The molecule has 3 aromatic rings. The van der Waals surface area contributed by atoms with E-state index in [9.17, 15) is 0 Å². The molecule has 0 amide bonds. The summed E-state index contributed by atoms with van der Waals surface area (Å²) in [5.74, 6) is 0. The first kappa shape index (κ1) is 13.5. The van der Waals surface area contributed by atoms with Gasteiger partial charge in [0, 0.05) is 13.0 Å². The van der Waals surface area contributed by atoms with Crippen molar-refractivity contribution in [1.29, 1.82) is 0 Å². The van der Waals surface area contributed by atoms with Crippen molar-refractivity contribution in [2.45, 2.75) is 34.6 Å². The summed E-state index contributed by atoms with van der Waals surface area (Å²) in [6, 6.07) is 11.5. The topological polar surface area (TPSA) is 3.88 Å². The molecule has 0 bridgehead atoms. The Labute approximate surface area is 134 Å². The van der Waals surface area contributed by atoms with E-state index in [2.05, 4.69) is 69.6 Å². The van der Waals surface area contributed by atoms with Crippen molar-refractivity contribution in [1.82, 2.24) is 0 Å². The molecule has 1 nitrogen and oxygen atoms in total. The number of benzene rings is 2. The molecule has 1 heteroatoms. The molecule has 2 aromatic carbocycles. The van der Waals surface area contributed by atoms with E-state index in [1.54, 1.807) is 0 Å². The van der Waals surface area contributed by atoms with Gasteiger partial charge in [0.25, 0.3) is 0 Å². The van der Waals surface area contributed by atoms with Gasteiger partial charge in [0.2, 0.25) is 5.69 Å². The second-order valence-corrected chi connectivity index (χ2v) is 6.42. The fourth-order valence-electron chi connectivity index (χ4n) is 3.20. The molecule has 0 atom stereocenters. The van der Waals surface area contributed by atoms with Crippen LogP contribution in [0.1, 0.15) is 29.3 Å². The fraction of sp³-hybridized carbons (Fsp3) is 0.286. The minimum atomic E-state index is 0.619. The van der Waals surface area contributed by atoms with E-state index in [-0.39, 0.29) is 0 Å². The van der Waals surface area contributed by atoms with Crippen LogP contribution < -0.4 is 4.57 Å². The molecule has 22 heavy (non-hydrogen) atoms. The van der Waals surface area contributed by atoms with Gasteiger partial charge in [0.05, 0.1) is 12.3 Å². The first-order valence-corrected chi connectivity index (χ1v) is 7.79. The SMILES string of the molecule is [2H]c1c(C)[n+](C)c(-c2cc(C)cc(C)c2C)c2cc(C)ccc12. The van der Waals surface area contributed by atoms with Crippen molar-refractivity contribution in [3.05, 3.63) is 64.3 Å². The van der Waals surface area contributed by atoms with Gasteiger partial charge in [-0.15, -0.1) is 0 Å². The van der Waals surface area contributed by atoms with Crippen LogP contribution in [-0.2, 0) is 7.05 Å². The van der Waals surface area contributed by atoms with E-state index in [4.69, 9.17) is 1.37 Å². The number of rotatable bonds is 1. The molecule has 0 aliphatic rings. The third-order valence-electron chi connectivity index (χ3n) is 4.65. The van der Waals surface area contributed by atoms with Gasteiger partial charge in [-0.3, -0.25) is 0 Å². The van der Waals surface area contributed by atoms with Crippen LogP contribution in [0, 0.1) is 34.6 Å². The predicted octanol–water partition coefficient (Wildman–Crippen LogP) is 4.87. The van der Waals surface area contributed by atoms with Crippen LogP contribution in [0.5, 0.6) is 0 Å². The Kier molecular flexibility index (Phi) is 3.22. The molecule has 1 heterocycles. The number of fused-ring (bicyclic) bond motifs is 1. The Morgan fingerprint density at radius 3 is 2.36 bits per heavy atom. The number of aromatic nitrogens is 1. The van der Waals surface area contributed by atoms with Crippen LogP contribution in [0.25, 0.3) is 22.0 Å². The molecule has 0 aliphatic carbocycles. The largest absolute Gasteiger partial charge is 0.220 e. The van der Waals surface area contributed by atoms with Crippen molar-refractivity contribution in [3.63, 3.8) is 0 Å². The number of hydrogen-bond acceptors (Lipinski definition) is 0. The van der Waals surface area contributed by atoms with Gasteiger partial charge < -0.3 is 0 Å². The van der Waals surface area contributed by atoms with Crippen LogP contribution in [0.2, 0.25) is 0 Å². The fourth-order valence-corrected chi connectivity index (χ4v) is 3.20. The van der Waals surface area contributed by atoms with Gasteiger partial charge in [-0.05, 0) is 56.3 Å². The second kappa shape index (κ2) is 5.24. The number of aryl methyl sites for hydroxylation is 3. The summed E-state index contributed by atoms with van der Waals surface area (Å²) in [5.41, 5.74) is 8.60. The number of pyridine rings is 1. The smallest absolute Gasteiger partial charge is 0.198 e. The average Bonchev–Trinajstić information content (AvgIpc) is 2.49. The Bertz CT molecular complexity index is 939. The predicted molar refractivity (Wildman–Crippen MR) is 94.2 cm³/mol. The average molecular weight is 291 g/mol. The second-order valence-electron chi connectivity index (χ2n) is 6.42. The summed E-state index contributed by atoms with van der Waals surface area (Å²) in [4.78, 5) is 0. The molecule has 0 spiro atoms. The molecule has 1 aromatic heterocycles. The highest BCUT2D eigenvalue weighted by Gasteiger charge is 2.20. The molecule has 0 radical (unpaired) electrons. The van der Waals surface area contributed by atoms with Crippen molar-refractivity contribution in [3.8, 4) is 11.3 Å². The first-order chi connectivity index (χ1) is 10.8. The monoisotopic (exact) mass is 291 g/mol. The number of hydrogen-bond donors (Lipinski definition) is 0. The summed E-state index contributed by atoms with van der Waals surface area (Å²) in [5, 5.41) is 2.19. The van der Waals surface area contributed by atoms with Gasteiger partial charge in [0.15, 0.2) is 5.69 Å². The van der Waals surface area contributed by atoms with Gasteiger partial charge in [-0.2, -0.15) is 4.57 Å². The Hall–Kier alpha value is -2.15. The van der Waals surface area contributed by atoms with E-state index in [1.165, 1.54) is 33.5 Å². The van der Waals surface area contributed by atoms with E-state index in [0.29, 0.717) is 6.04 Å². The van der Waals surface area contributed by atoms with Crippen molar-refractivity contribution >= 4 is 10.8 Å². The van der Waals surface area contributed by atoms with Crippen LogP contribution in [-0.4, -0.2) is 0 Å². The zero-order chi connectivity index (χ0) is 16.9. The quantitative estimate of drug-likeness (QED) is 0.563. The summed E-state index contributed by atoms with van der Waals surface area (Å²) in [7, 11) is 2.07. The summed E-state index contributed by atoms with van der Waals surface area (Å²) in [6.07, 6.45) is 0. The Morgan fingerprint density at radius 1 is 0.909 bits per heavy atom. The van der Waals surface area contributed by atoms with E-state index in [0.717, 1.165) is 16.5 Å². The van der Waals surface area contributed by atoms with Crippen LogP contribution in [0.15, 0.2) is 36.4 Å². The van der Waals surface area contributed by atoms with E-state index in [1.807, 2.05) is 6.92 Å².